The monoisotopic (exact) mass is 459 g/mol. The van der Waals surface area contributed by atoms with Crippen LogP contribution in [0.5, 0.6) is 5.88 Å². The number of morpholine rings is 2. The Balaban J connectivity index is 1.48. The first-order valence-electron chi connectivity index (χ1n) is 11.0. The maximum absolute atomic E-state index is 6.71. The zero-order valence-corrected chi connectivity index (χ0v) is 19.2. The maximum Gasteiger partial charge on any atom is 0.236 e. The number of hydrogen-bond acceptors (Lipinski definition) is 8. The van der Waals surface area contributed by atoms with E-state index in [0.717, 1.165) is 57.2 Å². The second kappa shape index (κ2) is 11.5. The fourth-order valence-electron chi connectivity index (χ4n) is 3.70. The maximum atomic E-state index is 6.71. The van der Waals surface area contributed by atoms with Gasteiger partial charge in [-0.1, -0.05) is 41.4 Å². The first-order valence-corrected chi connectivity index (χ1v) is 11.4. The van der Waals surface area contributed by atoms with E-state index < -0.39 is 0 Å². The molecular weight excluding hydrogens is 430 g/mol. The molecule has 4 rings (SSSR count). The lowest BCUT2D eigenvalue weighted by Gasteiger charge is -2.30. The summed E-state index contributed by atoms with van der Waals surface area (Å²) < 4.78 is 16.9. The van der Waals surface area contributed by atoms with Crippen LogP contribution in [0.2, 0.25) is 5.02 Å². The highest BCUT2D eigenvalue weighted by Crippen LogP contribution is 2.36. The molecule has 0 atom stereocenters. The average molecular weight is 460 g/mol. The van der Waals surface area contributed by atoms with E-state index in [-0.39, 0.29) is 0 Å². The predicted molar refractivity (Wildman–Crippen MR) is 127 cm³/mol. The standard InChI is InChI=1S/C23H30ClN5O3/c1-18-3-2-4-19(15-18)17-25-27-21-16-20(29-8-12-31-13-9-29)22(24)23(26-21)32-14-7-28-5-10-30-11-6-28/h2-4,15-17H,5-14H2,1H3,(H,26,27)/b25-17+. The molecule has 2 saturated heterocycles. The number of hydrogen-bond donors (Lipinski definition) is 1. The van der Waals surface area contributed by atoms with Crippen LogP contribution in [0, 0.1) is 6.92 Å². The van der Waals surface area contributed by atoms with E-state index in [1.165, 1.54) is 5.56 Å². The van der Waals surface area contributed by atoms with E-state index in [9.17, 15) is 0 Å². The molecule has 0 bridgehead atoms. The first kappa shape index (κ1) is 22.8. The number of nitrogens with zero attached hydrogens (tertiary/aromatic N) is 4. The van der Waals surface area contributed by atoms with Gasteiger partial charge in [0.1, 0.15) is 11.6 Å². The molecule has 2 aliphatic heterocycles. The topological polar surface area (TPSA) is 71.5 Å². The third kappa shape index (κ3) is 6.32. The smallest absolute Gasteiger partial charge is 0.236 e. The minimum Gasteiger partial charge on any atom is -0.475 e. The van der Waals surface area contributed by atoms with Gasteiger partial charge in [0, 0.05) is 38.8 Å². The lowest BCUT2D eigenvalue weighted by Crippen LogP contribution is -2.38. The van der Waals surface area contributed by atoms with Crippen molar-refractivity contribution >= 4 is 29.3 Å². The Morgan fingerprint density at radius 3 is 2.62 bits per heavy atom. The summed E-state index contributed by atoms with van der Waals surface area (Å²) in [7, 11) is 0. The van der Waals surface area contributed by atoms with Crippen LogP contribution in [-0.4, -0.2) is 81.9 Å². The molecule has 0 spiro atoms. The molecule has 1 N–H and O–H groups in total. The summed E-state index contributed by atoms with van der Waals surface area (Å²) in [4.78, 5) is 9.09. The van der Waals surface area contributed by atoms with Gasteiger partial charge in [0.05, 0.1) is 38.3 Å². The first-order chi connectivity index (χ1) is 15.7. The lowest BCUT2D eigenvalue weighted by atomic mass is 10.2. The Kier molecular flexibility index (Phi) is 8.17. The van der Waals surface area contributed by atoms with Crippen LogP contribution in [-0.2, 0) is 9.47 Å². The Labute approximate surface area is 194 Å². The van der Waals surface area contributed by atoms with Gasteiger partial charge in [-0.05, 0) is 12.5 Å². The fraction of sp³-hybridized carbons (Fsp3) is 0.478. The van der Waals surface area contributed by atoms with Gasteiger partial charge in [-0.3, -0.25) is 10.3 Å². The van der Waals surface area contributed by atoms with Gasteiger partial charge < -0.3 is 19.1 Å². The summed E-state index contributed by atoms with van der Waals surface area (Å²) in [5.41, 5.74) is 6.11. The molecular formula is C23H30ClN5O3. The van der Waals surface area contributed by atoms with Crippen LogP contribution in [0.3, 0.4) is 0 Å². The largest absolute Gasteiger partial charge is 0.475 e. The Morgan fingerprint density at radius 1 is 1.12 bits per heavy atom. The lowest BCUT2D eigenvalue weighted by molar-refractivity contribution is 0.0320. The average Bonchev–Trinajstić information content (AvgIpc) is 2.82. The third-order valence-corrected chi connectivity index (χ3v) is 5.80. The number of hydrazone groups is 1. The molecule has 0 aliphatic carbocycles. The summed E-state index contributed by atoms with van der Waals surface area (Å²) in [5.74, 6) is 0.998. The molecule has 0 amide bonds. The molecule has 2 aliphatic rings. The molecule has 8 nitrogen and oxygen atoms in total. The predicted octanol–water partition coefficient (Wildman–Crippen LogP) is 3.04. The Bertz CT molecular complexity index is 915. The number of ether oxygens (including phenoxy) is 3. The second-order valence-corrected chi connectivity index (χ2v) is 8.21. The molecule has 0 radical (unpaired) electrons. The number of anilines is 2. The summed E-state index contributed by atoms with van der Waals surface area (Å²) in [6.45, 7) is 9.59. The van der Waals surface area contributed by atoms with Crippen molar-refractivity contribution < 1.29 is 14.2 Å². The molecule has 0 saturated carbocycles. The Morgan fingerprint density at radius 2 is 1.88 bits per heavy atom. The van der Waals surface area contributed by atoms with Crippen LogP contribution >= 0.6 is 11.6 Å². The number of benzene rings is 1. The van der Waals surface area contributed by atoms with E-state index in [4.69, 9.17) is 25.8 Å². The zero-order chi connectivity index (χ0) is 22.2. The van der Waals surface area contributed by atoms with Crippen LogP contribution in [0.15, 0.2) is 35.4 Å². The highest BCUT2D eigenvalue weighted by Gasteiger charge is 2.20. The van der Waals surface area contributed by atoms with Crippen molar-refractivity contribution in [3.8, 4) is 5.88 Å². The van der Waals surface area contributed by atoms with Crippen molar-refractivity contribution in [1.29, 1.82) is 0 Å². The molecule has 2 aromatic rings. The van der Waals surface area contributed by atoms with Gasteiger partial charge >= 0.3 is 0 Å². The molecule has 2 fully saturated rings. The molecule has 1 aromatic carbocycles. The summed E-state index contributed by atoms with van der Waals surface area (Å²) >= 11 is 6.71. The van der Waals surface area contributed by atoms with E-state index in [1.54, 1.807) is 6.21 Å². The molecule has 9 heteroatoms. The zero-order valence-electron chi connectivity index (χ0n) is 18.4. The molecule has 0 unspecified atom stereocenters. The highest BCUT2D eigenvalue weighted by atomic mass is 35.5. The van der Waals surface area contributed by atoms with E-state index in [1.807, 2.05) is 18.2 Å². The van der Waals surface area contributed by atoms with Gasteiger partial charge in [0.25, 0.3) is 0 Å². The van der Waals surface area contributed by atoms with Gasteiger partial charge in [-0.25, -0.2) is 0 Å². The van der Waals surface area contributed by atoms with E-state index in [0.29, 0.717) is 36.5 Å². The highest BCUT2D eigenvalue weighted by molar-refractivity contribution is 6.34. The number of aromatic nitrogens is 1. The third-order valence-electron chi connectivity index (χ3n) is 5.44. The second-order valence-electron chi connectivity index (χ2n) is 7.83. The van der Waals surface area contributed by atoms with Gasteiger partial charge in [-0.15, -0.1) is 0 Å². The minimum absolute atomic E-state index is 0.414. The summed E-state index contributed by atoms with van der Waals surface area (Å²) in [6, 6.07) is 10.1. The van der Waals surface area contributed by atoms with Crippen LogP contribution < -0.4 is 15.1 Å². The van der Waals surface area contributed by atoms with Crippen LogP contribution in [0.4, 0.5) is 11.5 Å². The van der Waals surface area contributed by atoms with Crippen molar-refractivity contribution in [1.82, 2.24) is 9.88 Å². The van der Waals surface area contributed by atoms with Gasteiger partial charge in [-0.2, -0.15) is 10.1 Å². The molecule has 3 heterocycles. The number of halogens is 1. The molecule has 172 valence electrons. The number of pyridine rings is 1. The fourth-order valence-corrected chi connectivity index (χ4v) is 3.97. The van der Waals surface area contributed by atoms with Crippen molar-refractivity contribution in [2.75, 3.05) is 76.1 Å². The van der Waals surface area contributed by atoms with Crippen molar-refractivity contribution in [3.63, 3.8) is 0 Å². The summed E-state index contributed by atoms with van der Waals surface area (Å²) in [6.07, 6.45) is 1.77. The van der Waals surface area contributed by atoms with Crippen molar-refractivity contribution in [3.05, 3.63) is 46.5 Å². The summed E-state index contributed by atoms with van der Waals surface area (Å²) in [5, 5.41) is 4.88. The normalized spacial score (nSPS) is 17.6. The van der Waals surface area contributed by atoms with Gasteiger partial charge in [0.15, 0.2) is 5.82 Å². The van der Waals surface area contributed by atoms with E-state index >= 15 is 0 Å². The Hall–Kier alpha value is -2.39. The number of aryl methyl sites for hydroxylation is 1. The quantitative estimate of drug-likeness (QED) is 0.480. The van der Waals surface area contributed by atoms with E-state index in [2.05, 4.69) is 44.4 Å². The molecule has 32 heavy (non-hydrogen) atoms. The van der Waals surface area contributed by atoms with Gasteiger partial charge in [0.2, 0.25) is 5.88 Å². The number of rotatable bonds is 8. The van der Waals surface area contributed by atoms with Crippen molar-refractivity contribution in [2.45, 2.75) is 6.92 Å². The number of nitrogens with one attached hydrogen (secondary N) is 1. The minimum atomic E-state index is 0.414. The van der Waals surface area contributed by atoms with Crippen LogP contribution in [0.1, 0.15) is 11.1 Å². The van der Waals surface area contributed by atoms with Crippen molar-refractivity contribution in [2.24, 2.45) is 5.10 Å². The van der Waals surface area contributed by atoms with Crippen LogP contribution in [0.25, 0.3) is 0 Å². The SMILES string of the molecule is Cc1cccc(/C=N/Nc2cc(N3CCOCC3)c(Cl)c(OCCN3CCOCC3)n2)c1. The molecule has 1 aromatic heterocycles.